The zero-order valence-electron chi connectivity index (χ0n) is 22.8. The van der Waals surface area contributed by atoms with E-state index in [1.165, 1.54) is 48.5 Å². The van der Waals surface area contributed by atoms with Gasteiger partial charge in [-0.25, -0.2) is 0 Å². The molecule has 8 N–H and O–H groups in total. The molecular weight excluding hydrogens is 536 g/mol. The van der Waals surface area contributed by atoms with Crippen molar-refractivity contribution in [2.24, 2.45) is 0 Å². The molecule has 0 saturated heterocycles. The summed E-state index contributed by atoms with van der Waals surface area (Å²) in [6.07, 6.45) is 0. The van der Waals surface area contributed by atoms with Gasteiger partial charge in [-0.2, -0.15) is 0 Å². The Bertz CT molecular complexity index is 1560. The van der Waals surface area contributed by atoms with Gasteiger partial charge in [0.25, 0.3) is 0 Å². The highest BCUT2D eigenvalue weighted by molar-refractivity contribution is 5.63. The largest absolute Gasteiger partial charge is 0.508 e. The van der Waals surface area contributed by atoms with Gasteiger partial charge in [-0.05, 0) is 49.2 Å². The lowest BCUT2D eigenvalue weighted by atomic mass is 9.67. The molecule has 42 heavy (non-hydrogen) atoms. The number of hydrogen-bond donors (Lipinski definition) is 8. The standard InChI is InChI=1S/C34H30O8/c1-33(25-11-7-21(35)15-29(25)39,26-12-8-22(36)16-30(26)40)19-3-5-20(6-4-19)34(2,27-13-9-23(37)17-31(27)41)28-14-10-24(38)18-32(28)42/h3-18,35-42H,1-2H3. The molecule has 5 aromatic rings. The molecule has 0 aliphatic rings. The van der Waals surface area contributed by atoms with Crippen LogP contribution >= 0.6 is 0 Å². The van der Waals surface area contributed by atoms with Crippen molar-refractivity contribution in [3.63, 3.8) is 0 Å². The Hall–Kier alpha value is -5.50. The Kier molecular flexibility index (Phi) is 6.78. The van der Waals surface area contributed by atoms with Gasteiger partial charge in [0, 0.05) is 57.3 Å². The van der Waals surface area contributed by atoms with Gasteiger partial charge in [0.2, 0.25) is 0 Å². The van der Waals surface area contributed by atoms with E-state index in [0.29, 0.717) is 33.4 Å². The number of rotatable bonds is 6. The van der Waals surface area contributed by atoms with Gasteiger partial charge in [-0.3, -0.25) is 0 Å². The van der Waals surface area contributed by atoms with Crippen molar-refractivity contribution >= 4 is 0 Å². The normalized spacial score (nSPS) is 11.9. The van der Waals surface area contributed by atoms with Crippen LogP contribution in [-0.2, 0) is 10.8 Å². The molecule has 0 aliphatic carbocycles. The number of phenols is 8. The maximum atomic E-state index is 10.9. The molecular formula is C34H30O8. The quantitative estimate of drug-likeness (QED) is 0.115. The van der Waals surface area contributed by atoms with Crippen LogP contribution in [0.4, 0.5) is 0 Å². The molecule has 8 heteroatoms. The van der Waals surface area contributed by atoms with Crippen LogP contribution in [0, 0.1) is 0 Å². The van der Waals surface area contributed by atoms with Crippen LogP contribution in [0.3, 0.4) is 0 Å². The van der Waals surface area contributed by atoms with Crippen LogP contribution in [0.2, 0.25) is 0 Å². The molecule has 0 bridgehead atoms. The minimum Gasteiger partial charge on any atom is -0.508 e. The molecule has 0 unspecified atom stereocenters. The molecule has 0 amide bonds. The topological polar surface area (TPSA) is 162 Å². The molecule has 0 aromatic heterocycles. The fourth-order valence-electron chi connectivity index (χ4n) is 5.82. The number of aromatic hydroxyl groups is 8. The van der Waals surface area contributed by atoms with E-state index in [9.17, 15) is 40.9 Å². The van der Waals surface area contributed by atoms with Gasteiger partial charge in [-0.15, -0.1) is 0 Å². The van der Waals surface area contributed by atoms with Crippen LogP contribution < -0.4 is 0 Å². The van der Waals surface area contributed by atoms with Crippen molar-refractivity contribution in [2.75, 3.05) is 0 Å². The van der Waals surface area contributed by atoms with Crippen LogP contribution in [-0.4, -0.2) is 40.9 Å². The maximum absolute atomic E-state index is 10.9. The Morgan fingerprint density at radius 2 is 0.548 bits per heavy atom. The average molecular weight is 567 g/mol. The summed E-state index contributed by atoms with van der Waals surface area (Å²) in [5.74, 6) is -1.37. The zero-order chi connectivity index (χ0) is 30.4. The summed E-state index contributed by atoms with van der Waals surface area (Å²) in [4.78, 5) is 0. The van der Waals surface area contributed by atoms with E-state index < -0.39 is 10.8 Å². The predicted molar refractivity (Wildman–Crippen MR) is 157 cm³/mol. The summed E-state index contributed by atoms with van der Waals surface area (Å²) in [5, 5.41) is 83.3. The molecule has 0 radical (unpaired) electrons. The van der Waals surface area contributed by atoms with Crippen molar-refractivity contribution in [1.29, 1.82) is 0 Å². The predicted octanol–water partition coefficient (Wildman–Crippen LogP) is 6.04. The monoisotopic (exact) mass is 566 g/mol. The second-order valence-corrected chi connectivity index (χ2v) is 10.6. The first-order valence-corrected chi connectivity index (χ1v) is 13.1. The second-order valence-electron chi connectivity index (χ2n) is 10.6. The molecule has 5 aromatic carbocycles. The van der Waals surface area contributed by atoms with E-state index in [0.717, 1.165) is 0 Å². The third-order valence-corrected chi connectivity index (χ3v) is 8.12. The first-order chi connectivity index (χ1) is 19.8. The van der Waals surface area contributed by atoms with Crippen LogP contribution in [0.1, 0.15) is 47.2 Å². The molecule has 0 atom stereocenters. The number of hydrogen-bond acceptors (Lipinski definition) is 8. The van der Waals surface area contributed by atoms with Crippen molar-refractivity contribution in [3.05, 3.63) is 130 Å². The highest BCUT2D eigenvalue weighted by Crippen LogP contribution is 2.50. The van der Waals surface area contributed by atoms with Crippen molar-refractivity contribution in [3.8, 4) is 46.0 Å². The molecule has 0 saturated carbocycles. The number of phenolic OH excluding ortho intramolecular Hbond substituents is 8. The van der Waals surface area contributed by atoms with Crippen LogP contribution in [0.25, 0.3) is 0 Å². The van der Waals surface area contributed by atoms with Crippen molar-refractivity contribution < 1.29 is 40.9 Å². The molecule has 0 spiro atoms. The smallest absolute Gasteiger partial charge is 0.123 e. The van der Waals surface area contributed by atoms with E-state index in [4.69, 9.17) is 0 Å². The lowest BCUT2D eigenvalue weighted by Crippen LogP contribution is -2.28. The Morgan fingerprint density at radius 3 is 0.738 bits per heavy atom. The van der Waals surface area contributed by atoms with Crippen molar-refractivity contribution in [1.82, 2.24) is 0 Å². The number of benzene rings is 5. The van der Waals surface area contributed by atoms with E-state index >= 15 is 0 Å². The maximum Gasteiger partial charge on any atom is 0.123 e. The van der Waals surface area contributed by atoms with Gasteiger partial charge in [0.15, 0.2) is 0 Å². The Morgan fingerprint density at radius 1 is 0.333 bits per heavy atom. The highest BCUT2D eigenvalue weighted by Gasteiger charge is 2.39. The summed E-state index contributed by atoms with van der Waals surface area (Å²) in [6, 6.07) is 23.9. The lowest BCUT2D eigenvalue weighted by molar-refractivity contribution is 0.424. The van der Waals surface area contributed by atoms with E-state index in [1.54, 1.807) is 62.4 Å². The molecule has 0 heterocycles. The van der Waals surface area contributed by atoms with Gasteiger partial charge in [0.1, 0.15) is 46.0 Å². The minimum absolute atomic E-state index is 0.137. The third kappa shape index (κ3) is 4.53. The van der Waals surface area contributed by atoms with E-state index in [2.05, 4.69) is 0 Å². The summed E-state index contributed by atoms with van der Waals surface area (Å²) >= 11 is 0. The minimum atomic E-state index is -1.17. The zero-order valence-corrected chi connectivity index (χ0v) is 22.8. The first-order valence-electron chi connectivity index (χ1n) is 13.1. The Labute approximate surface area is 241 Å². The van der Waals surface area contributed by atoms with Gasteiger partial charge < -0.3 is 40.9 Å². The lowest BCUT2D eigenvalue weighted by Gasteiger charge is -2.35. The SMILES string of the molecule is CC(c1ccc(C(C)(c2ccc(O)cc2O)c2ccc(O)cc2O)cc1)(c1ccc(O)cc1O)c1ccc(O)cc1O. The summed E-state index contributed by atoms with van der Waals surface area (Å²) < 4.78 is 0. The molecule has 5 rings (SSSR count). The summed E-state index contributed by atoms with van der Waals surface area (Å²) in [5.41, 5.74) is 0.417. The molecule has 0 fully saturated rings. The second kappa shape index (κ2) is 10.2. The van der Waals surface area contributed by atoms with E-state index in [1.807, 2.05) is 0 Å². The van der Waals surface area contributed by atoms with Crippen LogP contribution in [0.15, 0.2) is 97.1 Å². The Balaban J connectivity index is 1.75. The fraction of sp³-hybridized carbons (Fsp3) is 0.118. The first kappa shape index (κ1) is 28.0. The molecule has 214 valence electrons. The van der Waals surface area contributed by atoms with Gasteiger partial charge in [0.05, 0.1) is 0 Å². The summed E-state index contributed by atoms with van der Waals surface area (Å²) in [7, 11) is 0. The third-order valence-electron chi connectivity index (χ3n) is 8.12. The van der Waals surface area contributed by atoms with E-state index in [-0.39, 0.29) is 46.0 Å². The molecule has 0 aliphatic heterocycles. The van der Waals surface area contributed by atoms with Gasteiger partial charge >= 0.3 is 0 Å². The molecule has 8 nitrogen and oxygen atoms in total. The van der Waals surface area contributed by atoms with Gasteiger partial charge in [-0.1, -0.05) is 48.5 Å². The summed E-state index contributed by atoms with van der Waals surface area (Å²) in [6.45, 7) is 3.58. The van der Waals surface area contributed by atoms with Crippen LogP contribution in [0.5, 0.6) is 46.0 Å². The fourth-order valence-corrected chi connectivity index (χ4v) is 5.82. The average Bonchev–Trinajstić information content (AvgIpc) is 2.92. The van der Waals surface area contributed by atoms with Crippen molar-refractivity contribution in [2.45, 2.75) is 24.7 Å². The highest BCUT2D eigenvalue weighted by atomic mass is 16.3.